The van der Waals surface area contributed by atoms with Gasteiger partial charge in [0.15, 0.2) is 0 Å². The minimum absolute atomic E-state index is 0.119. The zero-order valence-electron chi connectivity index (χ0n) is 15.7. The van der Waals surface area contributed by atoms with Crippen molar-refractivity contribution in [2.24, 2.45) is 5.92 Å². The monoisotopic (exact) mass is 393 g/mol. The Morgan fingerprint density at radius 1 is 1.21 bits per heavy atom. The number of anilines is 1. The number of hydrogen-bond donors (Lipinski definition) is 1. The number of amides is 2. The van der Waals surface area contributed by atoms with E-state index in [1.807, 2.05) is 24.3 Å². The molecule has 5 nitrogen and oxygen atoms in total. The number of benzene rings is 2. The van der Waals surface area contributed by atoms with E-state index in [0.29, 0.717) is 52.1 Å². The predicted molar refractivity (Wildman–Crippen MR) is 111 cm³/mol. The van der Waals surface area contributed by atoms with Gasteiger partial charge < -0.3 is 10.2 Å². The van der Waals surface area contributed by atoms with E-state index in [0.717, 1.165) is 5.39 Å². The molecule has 0 spiro atoms. The summed E-state index contributed by atoms with van der Waals surface area (Å²) in [5.74, 6) is -0.0565. The third kappa shape index (κ3) is 3.34. The Labute approximate surface area is 168 Å². The molecule has 0 fully saturated rings. The first kappa shape index (κ1) is 18.4. The zero-order chi connectivity index (χ0) is 19.8. The summed E-state index contributed by atoms with van der Waals surface area (Å²) >= 11 is 6.04. The van der Waals surface area contributed by atoms with Gasteiger partial charge in [0.1, 0.15) is 5.69 Å². The van der Waals surface area contributed by atoms with Crippen LogP contribution in [0.2, 0.25) is 5.02 Å². The molecule has 0 aliphatic carbocycles. The van der Waals surface area contributed by atoms with Gasteiger partial charge in [-0.25, -0.2) is 4.98 Å². The number of halogens is 1. The molecule has 0 atom stereocenters. The fourth-order valence-corrected chi connectivity index (χ4v) is 3.79. The molecule has 2 heterocycles. The number of nitrogens with one attached hydrogen (secondary N) is 1. The largest absolute Gasteiger partial charge is 0.333 e. The van der Waals surface area contributed by atoms with Crippen molar-refractivity contribution < 1.29 is 9.59 Å². The van der Waals surface area contributed by atoms with Crippen molar-refractivity contribution in [1.29, 1.82) is 0 Å². The molecule has 0 saturated heterocycles. The number of nitrogens with zero attached hydrogens (tertiary/aromatic N) is 2. The first-order valence-corrected chi connectivity index (χ1v) is 9.59. The molecule has 0 unspecified atom stereocenters. The van der Waals surface area contributed by atoms with Crippen LogP contribution in [-0.2, 0) is 6.54 Å². The van der Waals surface area contributed by atoms with Crippen molar-refractivity contribution in [2.75, 3.05) is 11.9 Å². The van der Waals surface area contributed by atoms with E-state index in [1.165, 1.54) is 0 Å². The first-order chi connectivity index (χ1) is 13.4. The maximum Gasteiger partial charge on any atom is 0.273 e. The van der Waals surface area contributed by atoms with E-state index in [4.69, 9.17) is 11.6 Å². The number of pyridine rings is 1. The molecule has 28 heavy (non-hydrogen) atoms. The number of hydrogen-bond acceptors (Lipinski definition) is 3. The molecule has 4 rings (SSSR count). The molecule has 142 valence electrons. The molecule has 0 saturated carbocycles. The van der Waals surface area contributed by atoms with Crippen LogP contribution in [0, 0.1) is 5.92 Å². The van der Waals surface area contributed by atoms with Crippen LogP contribution in [0.25, 0.3) is 10.9 Å². The van der Waals surface area contributed by atoms with Crippen molar-refractivity contribution in [3.63, 3.8) is 0 Å². The Morgan fingerprint density at radius 3 is 2.75 bits per heavy atom. The third-order valence-electron chi connectivity index (χ3n) is 4.73. The van der Waals surface area contributed by atoms with Crippen molar-refractivity contribution in [3.05, 3.63) is 70.4 Å². The molecule has 0 radical (unpaired) electrons. The normalized spacial score (nSPS) is 13.3. The molecular formula is C22H20ClN3O2. The molecular weight excluding hydrogens is 374 g/mol. The highest BCUT2D eigenvalue weighted by atomic mass is 35.5. The van der Waals surface area contributed by atoms with Gasteiger partial charge in [0.2, 0.25) is 0 Å². The highest BCUT2D eigenvalue weighted by molar-refractivity contribution is 6.31. The maximum atomic E-state index is 13.2. The van der Waals surface area contributed by atoms with Crippen LogP contribution in [0.15, 0.2) is 48.5 Å². The Balaban J connectivity index is 1.82. The molecule has 0 bridgehead atoms. The summed E-state index contributed by atoms with van der Waals surface area (Å²) in [7, 11) is 0. The van der Waals surface area contributed by atoms with Gasteiger partial charge in [-0.15, -0.1) is 0 Å². The summed E-state index contributed by atoms with van der Waals surface area (Å²) in [6, 6.07) is 14.4. The molecule has 1 N–H and O–H groups in total. The average molecular weight is 394 g/mol. The lowest BCUT2D eigenvalue weighted by Gasteiger charge is -2.17. The fourth-order valence-electron chi connectivity index (χ4n) is 3.60. The number of aromatic nitrogens is 1. The van der Waals surface area contributed by atoms with Gasteiger partial charge >= 0.3 is 0 Å². The van der Waals surface area contributed by atoms with E-state index < -0.39 is 0 Å². The lowest BCUT2D eigenvalue weighted by atomic mass is 10.0. The number of para-hydroxylation sites is 1. The van der Waals surface area contributed by atoms with Gasteiger partial charge in [-0.05, 0) is 30.2 Å². The van der Waals surface area contributed by atoms with Gasteiger partial charge in [0.05, 0.1) is 11.1 Å². The molecule has 1 aliphatic heterocycles. The van der Waals surface area contributed by atoms with Crippen molar-refractivity contribution >= 4 is 40.0 Å². The average Bonchev–Trinajstić information content (AvgIpc) is 2.94. The smallest absolute Gasteiger partial charge is 0.273 e. The van der Waals surface area contributed by atoms with Crippen molar-refractivity contribution in [2.45, 2.75) is 20.4 Å². The second kappa shape index (κ2) is 7.24. The van der Waals surface area contributed by atoms with Crippen LogP contribution in [-0.4, -0.2) is 28.2 Å². The summed E-state index contributed by atoms with van der Waals surface area (Å²) in [5.41, 5.74) is 2.80. The molecule has 1 aromatic heterocycles. The predicted octanol–water partition coefficient (Wildman–Crippen LogP) is 4.75. The van der Waals surface area contributed by atoms with Gasteiger partial charge in [0, 0.05) is 34.7 Å². The van der Waals surface area contributed by atoms with Gasteiger partial charge in [0.25, 0.3) is 11.8 Å². The number of carbonyl (C=O) groups is 2. The van der Waals surface area contributed by atoms with Gasteiger partial charge in [-0.3, -0.25) is 9.59 Å². The Morgan fingerprint density at radius 2 is 2.00 bits per heavy atom. The Hall–Kier alpha value is -2.92. The van der Waals surface area contributed by atoms with Gasteiger partial charge in [-0.1, -0.05) is 49.7 Å². The lowest BCUT2D eigenvalue weighted by Crippen LogP contribution is -2.28. The van der Waals surface area contributed by atoms with Crippen LogP contribution < -0.4 is 5.32 Å². The number of rotatable bonds is 4. The minimum atomic E-state index is -0.267. The highest BCUT2D eigenvalue weighted by Gasteiger charge is 2.34. The van der Waals surface area contributed by atoms with Crippen LogP contribution in [0.5, 0.6) is 0 Å². The second-order valence-electron chi connectivity index (χ2n) is 7.38. The fraction of sp³-hybridized carbons (Fsp3) is 0.227. The Kier molecular flexibility index (Phi) is 4.77. The van der Waals surface area contributed by atoms with E-state index in [2.05, 4.69) is 24.1 Å². The van der Waals surface area contributed by atoms with E-state index in [1.54, 1.807) is 29.2 Å². The topological polar surface area (TPSA) is 62.3 Å². The minimum Gasteiger partial charge on any atom is -0.333 e. The second-order valence-corrected chi connectivity index (χ2v) is 7.81. The maximum absolute atomic E-state index is 13.2. The SMILES string of the molecule is CC(C)CN1Cc2c(nc3ccccc3c2C(=O)Nc2cccc(Cl)c2)C1=O. The van der Waals surface area contributed by atoms with Gasteiger partial charge in [-0.2, -0.15) is 0 Å². The van der Waals surface area contributed by atoms with E-state index >= 15 is 0 Å². The molecule has 1 aliphatic rings. The Bertz CT molecular complexity index is 1090. The number of carbonyl (C=O) groups excluding carboxylic acids is 2. The summed E-state index contributed by atoms with van der Waals surface area (Å²) in [5, 5.41) is 4.19. The first-order valence-electron chi connectivity index (χ1n) is 9.22. The summed E-state index contributed by atoms with van der Waals surface area (Å²) in [4.78, 5) is 32.4. The number of fused-ring (bicyclic) bond motifs is 2. The summed E-state index contributed by atoms with van der Waals surface area (Å²) < 4.78 is 0. The van der Waals surface area contributed by atoms with E-state index in [9.17, 15) is 9.59 Å². The standard InChI is InChI=1S/C22H20ClN3O2/c1-13(2)11-26-12-17-19(21(27)24-15-7-5-6-14(23)10-15)16-8-3-4-9-18(16)25-20(17)22(26)28/h3-10,13H,11-12H2,1-2H3,(H,24,27). The summed E-state index contributed by atoms with van der Waals surface area (Å²) in [6.07, 6.45) is 0. The van der Waals surface area contributed by atoms with E-state index in [-0.39, 0.29) is 11.8 Å². The molecule has 2 amide bonds. The molecule has 3 aromatic rings. The van der Waals surface area contributed by atoms with Crippen LogP contribution in [0.4, 0.5) is 5.69 Å². The van der Waals surface area contributed by atoms with Crippen LogP contribution in [0.1, 0.15) is 40.3 Å². The molecule has 2 aromatic carbocycles. The van der Waals surface area contributed by atoms with Crippen LogP contribution in [0.3, 0.4) is 0 Å². The van der Waals surface area contributed by atoms with Crippen LogP contribution >= 0.6 is 11.6 Å². The molecule has 6 heteroatoms. The summed E-state index contributed by atoms with van der Waals surface area (Å²) in [6.45, 7) is 5.14. The third-order valence-corrected chi connectivity index (χ3v) is 4.96. The highest BCUT2D eigenvalue weighted by Crippen LogP contribution is 2.31. The quantitative estimate of drug-likeness (QED) is 0.695. The van der Waals surface area contributed by atoms with Crippen molar-refractivity contribution in [3.8, 4) is 0 Å². The van der Waals surface area contributed by atoms with Crippen molar-refractivity contribution in [1.82, 2.24) is 9.88 Å². The lowest BCUT2D eigenvalue weighted by molar-refractivity contribution is 0.0755. The zero-order valence-corrected chi connectivity index (χ0v) is 16.5.